The van der Waals surface area contributed by atoms with Gasteiger partial charge in [-0.3, -0.25) is 9.59 Å². The molecule has 0 fully saturated rings. The highest BCUT2D eigenvalue weighted by Crippen LogP contribution is 2.17. The summed E-state index contributed by atoms with van der Waals surface area (Å²) in [5.41, 5.74) is -0.300. The minimum Gasteiger partial charge on any atom is -0.479 e. The molecule has 6 nitrogen and oxygen atoms in total. The predicted octanol–water partition coefficient (Wildman–Crippen LogP) is 3.26. The molecule has 2 amide bonds. The van der Waals surface area contributed by atoms with Gasteiger partial charge in [0.1, 0.15) is 35.1 Å². The number of carbonyl (C=O) groups excluding carboxylic acids is 2. The Hall–Kier alpha value is -3.47. The van der Waals surface area contributed by atoms with Crippen LogP contribution in [0.25, 0.3) is 0 Å². The summed E-state index contributed by atoms with van der Waals surface area (Å²) in [5, 5.41) is 13.5. The summed E-state index contributed by atoms with van der Waals surface area (Å²) in [6, 6.07) is 10.2. The van der Waals surface area contributed by atoms with Crippen molar-refractivity contribution < 1.29 is 23.1 Å². The normalized spacial score (nSPS) is 11.4. The van der Waals surface area contributed by atoms with Gasteiger partial charge in [-0.25, -0.2) is 8.78 Å². The molecule has 2 aromatic rings. The van der Waals surface area contributed by atoms with Crippen molar-refractivity contribution in [3.8, 4) is 11.8 Å². The number of carbonyl (C=O) groups is 2. The zero-order valence-corrected chi connectivity index (χ0v) is 15.3. The number of anilines is 1. The maximum atomic E-state index is 13.8. The Morgan fingerprint density at radius 2 is 1.71 bits per heavy atom. The molecular formula is C20H19F2N3O3. The Labute approximate surface area is 161 Å². The van der Waals surface area contributed by atoms with Crippen molar-refractivity contribution >= 4 is 17.5 Å². The molecule has 1 atom stereocenters. The summed E-state index contributed by atoms with van der Waals surface area (Å²) in [5.74, 6) is -3.43. The Bertz CT molecular complexity index is 872. The van der Waals surface area contributed by atoms with Crippen molar-refractivity contribution in [1.82, 2.24) is 5.32 Å². The van der Waals surface area contributed by atoms with E-state index >= 15 is 0 Å². The van der Waals surface area contributed by atoms with Crippen LogP contribution in [-0.4, -0.2) is 24.5 Å². The number of nitrogens with one attached hydrogen (secondary N) is 2. The number of amides is 2. The van der Waals surface area contributed by atoms with Gasteiger partial charge in [-0.2, -0.15) is 5.26 Å². The number of hydrogen-bond donors (Lipinski definition) is 2. The van der Waals surface area contributed by atoms with Crippen molar-refractivity contribution in [2.75, 3.05) is 11.9 Å². The first-order chi connectivity index (χ1) is 13.3. The van der Waals surface area contributed by atoms with Gasteiger partial charge in [0.05, 0.1) is 0 Å². The second kappa shape index (κ2) is 9.46. The van der Waals surface area contributed by atoms with Crippen molar-refractivity contribution in [3.05, 3.63) is 59.7 Å². The van der Waals surface area contributed by atoms with Crippen molar-refractivity contribution in [3.63, 3.8) is 0 Å². The molecule has 146 valence electrons. The minimum atomic E-state index is -1.01. The number of halogens is 2. The quantitative estimate of drug-likeness (QED) is 0.763. The standard InChI is InChI=1S/C20H19F2N3O3/c1-12(2)18(25-19(26)17-15(21)4-3-5-16(17)22)20(27)24-13-6-8-14(9-7-13)28-11-10-23/h3-9,12,18H,11H2,1-2H3,(H,24,27)(H,25,26). The first-order valence-electron chi connectivity index (χ1n) is 8.49. The average Bonchev–Trinajstić information content (AvgIpc) is 2.65. The topological polar surface area (TPSA) is 91.2 Å². The smallest absolute Gasteiger partial charge is 0.257 e. The number of hydrogen-bond acceptors (Lipinski definition) is 4. The van der Waals surface area contributed by atoms with Crippen LogP contribution in [0.5, 0.6) is 5.75 Å². The van der Waals surface area contributed by atoms with Crippen LogP contribution in [0.15, 0.2) is 42.5 Å². The fourth-order valence-electron chi connectivity index (χ4n) is 2.43. The van der Waals surface area contributed by atoms with E-state index in [1.165, 1.54) is 0 Å². The van der Waals surface area contributed by atoms with Crippen LogP contribution < -0.4 is 15.4 Å². The van der Waals surface area contributed by atoms with Gasteiger partial charge in [0, 0.05) is 5.69 Å². The fraction of sp³-hybridized carbons (Fsp3) is 0.250. The molecule has 0 saturated carbocycles. The SMILES string of the molecule is CC(C)C(NC(=O)c1c(F)cccc1F)C(=O)Nc1ccc(OCC#N)cc1. The highest BCUT2D eigenvalue weighted by molar-refractivity contribution is 6.01. The largest absolute Gasteiger partial charge is 0.479 e. The third-order valence-electron chi connectivity index (χ3n) is 3.85. The monoisotopic (exact) mass is 387 g/mol. The van der Waals surface area contributed by atoms with E-state index in [0.717, 1.165) is 18.2 Å². The lowest BCUT2D eigenvalue weighted by Gasteiger charge is -2.22. The van der Waals surface area contributed by atoms with Crippen LogP contribution in [0.3, 0.4) is 0 Å². The van der Waals surface area contributed by atoms with Crippen LogP contribution >= 0.6 is 0 Å². The van der Waals surface area contributed by atoms with Gasteiger partial charge in [-0.15, -0.1) is 0 Å². The van der Waals surface area contributed by atoms with E-state index in [-0.39, 0.29) is 12.5 Å². The van der Waals surface area contributed by atoms with Gasteiger partial charge in [0.2, 0.25) is 5.91 Å². The molecule has 0 aliphatic carbocycles. The highest BCUT2D eigenvalue weighted by atomic mass is 19.1. The second-order valence-corrected chi connectivity index (χ2v) is 6.25. The zero-order valence-electron chi connectivity index (χ0n) is 15.3. The van der Waals surface area contributed by atoms with E-state index in [4.69, 9.17) is 10.00 Å². The van der Waals surface area contributed by atoms with Crippen LogP contribution in [-0.2, 0) is 4.79 Å². The average molecular weight is 387 g/mol. The molecule has 0 spiro atoms. The Morgan fingerprint density at radius 3 is 2.25 bits per heavy atom. The summed E-state index contributed by atoms with van der Waals surface area (Å²) in [7, 11) is 0. The third kappa shape index (κ3) is 5.27. The summed E-state index contributed by atoms with van der Waals surface area (Å²) >= 11 is 0. The van der Waals surface area contributed by atoms with Crippen LogP contribution in [0.2, 0.25) is 0 Å². The molecule has 2 aromatic carbocycles. The van der Waals surface area contributed by atoms with E-state index in [1.807, 2.05) is 6.07 Å². The molecule has 0 aliphatic heterocycles. The van der Waals surface area contributed by atoms with E-state index in [1.54, 1.807) is 38.1 Å². The number of nitriles is 1. The molecule has 0 aliphatic rings. The van der Waals surface area contributed by atoms with Crippen molar-refractivity contribution in [1.29, 1.82) is 5.26 Å². The molecule has 1 unspecified atom stereocenters. The molecule has 0 aromatic heterocycles. The number of nitrogens with zero attached hydrogens (tertiary/aromatic N) is 1. The van der Waals surface area contributed by atoms with Gasteiger partial charge in [-0.05, 0) is 42.3 Å². The lowest BCUT2D eigenvalue weighted by molar-refractivity contribution is -0.118. The lowest BCUT2D eigenvalue weighted by Crippen LogP contribution is -2.47. The number of benzene rings is 2. The fourth-order valence-corrected chi connectivity index (χ4v) is 2.43. The summed E-state index contributed by atoms with van der Waals surface area (Å²) in [6.45, 7) is 3.29. The molecule has 0 saturated heterocycles. The second-order valence-electron chi connectivity index (χ2n) is 6.25. The van der Waals surface area contributed by atoms with Gasteiger partial charge in [0.15, 0.2) is 6.61 Å². The van der Waals surface area contributed by atoms with Gasteiger partial charge in [-0.1, -0.05) is 19.9 Å². The first-order valence-corrected chi connectivity index (χ1v) is 8.49. The van der Waals surface area contributed by atoms with Crippen LogP contribution in [0, 0.1) is 28.9 Å². The van der Waals surface area contributed by atoms with Gasteiger partial charge < -0.3 is 15.4 Å². The van der Waals surface area contributed by atoms with Crippen molar-refractivity contribution in [2.45, 2.75) is 19.9 Å². The molecule has 8 heteroatoms. The van der Waals surface area contributed by atoms with Gasteiger partial charge in [0.25, 0.3) is 5.91 Å². The molecule has 2 N–H and O–H groups in total. The maximum Gasteiger partial charge on any atom is 0.257 e. The summed E-state index contributed by atoms with van der Waals surface area (Å²) in [4.78, 5) is 24.8. The molecule has 0 bridgehead atoms. The van der Waals surface area contributed by atoms with E-state index in [9.17, 15) is 18.4 Å². The molecular weight excluding hydrogens is 368 g/mol. The van der Waals surface area contributed by atoms with E-state index in [2.05, 4.69) is 10.6 Å². The highest BCUT2D eigenvalue weighted by Gasteiger charge is 2.27. The Balaban J connectivity index is 2.10. The first kappa shape index (κ1) is 20.8. The third-order valence-corrected chi connectivity index (χ3v) is 3.85. The molecule has 2 rings (SSSR count). The predicted molar refractivity (Wildman–Crippen MR) is 98.6 cm³/mol. The molecule has 0 heterocycles. The van der Waals surface area contributed by atoms with Crippen molar-refractivity contribution in [2.24, 2.45) is 5.92 Å². The Kier molecular flexibility index (Phi) is 7.04. The zero-order chi connectivity index (χ0) is 20.7. The van der Waals surface area contributed by atoms with E-state index in [0.29, 0.717) is 11.4 Å². The number of ether oxygens (including phenoxy) is 1. The van der Waals surface area contributed by atoms with Crippen LogP contribution in [0.4, 0.5) is 14.5 Å². The van der Waals surface area contributed by atoms with E-state index < -0.39 is 35.1 Å². The summed E-state index contributed by atoms with van der Waals surface area (Å²) < 4.78 is 32.7. The molecule has 0 radical (unpaired) electrons. The number of rotatable bonds is 7. The minimum absolute atomic E-state index is 0.0975. The van der Waals surface area contributed by atoms with Crippen LogP contribution in [0.1, 0.15) is 24.2 Å². The Morgan fingerprint density at radius 1 is 1.11 bits per heavy atom. The maximum absolute atomic E-state index is 13.8. The molecule has 28 heavy (non-hydrogen) atoms. The lowest BCUT2D eigenvalue weighted by atomic mass is 10.0. The van der Waals surface area contributed by atoms with Gasteiger partial charge >= 0.3 is 0 Å². The summed E-state index contributed by atoms with van der Waals surface area (Å²) in [6.07, 6.45) is 0.